The largest absolute Gasteiger partial charge is 0.490 e. The second-order valence-electron chi connectivity index (χ2n) is 9.93. The molecule has 1 saturated heterocycles. The van der Waals surface area contributed by atoms with Crippen LogP contribution in [0.4, 0.5) is 0 Å². The first kappa shape index (κ1) is 26.4. The van der Waals surface area contributed by atoms with Crippen LogP contribution in [0.1, 0.15) is 43.4 Å². The molecule has 0 amide bonds. The number of ether oxygens (including phenoxy) is 3. The van der Waals surface area contributed by atoms with Gasteiger partial charge in [0.15, 0.2) is 0 Å². The van der Waals surface area contributed by atoms with Crippen LogP contribution >= 0.6 is 11.6 Å². The van der Waals surface area contributed by atoms with Crippen molar-refractivity contribution in [3.05, 3.63) is 64.2 Å². The summed E-state index contributed by atoms with van der Waals surface area (Å²) in [6, 6.07) is 13.0. The summed E-state index contributed by atoms with van der Waals surface area (Å²) in [5.74, 6) is 0.415. The van der Waals surface area contributed by atoms with E-state index in [1.165, 1.54) is 7.11 Å². The van der Waals surface area contributed by atoms with Crippen LogP contribution < -0.4 is 4.74 Å². The van der Waals surface area contributed by atoms with E-state index in [9.17, 15) is 20.4 Å². The first-order valence-electron chi connectivity index (χ1n) is 12.1. The molecular formula is C27H35ClO7. The summed E-state index contributed by atoms with van der Waals surface area (Å²) >= 11 is 6.49. The van der Waals surface area contributed by atoms with Crippen LogP contribution in [0, 0.1) is 11.8 Å². The molecule has 1 aliphatic carbocycles. The molecule has 2 fully saturated rings. The maximum absolute atomic E-state index is 10.8. The van der Waals surface area contributed by atoms with Gasteiger partial charge in [-0.3, -0.25) is 0 Å². The maximum atomic E-state index is 10.8. The van der Waals surface area contributed by atoms with E-state index < -0.39 is 36.8 Å². The van der Waals surface area contributed by atoms with E-state index >= 15 is 0 Å². The van der Waals surface area contributed by atoms with E-state index in [2.05, 4.69) is 13.8 Å². The summed E-state index contributed by atoms with van der Waals surface area (Å²) in [5.41, 5.74) is 2.20. The van der Waals surface area contributed by atoms with E-state index in [1.807, 2.05) is 24.3 Å². The molecule has 2 aromatic rings. The topological polar surface area (TPSA) is 109 Å². The minimum Gasteiger partial charge on any atom is -0.490 e. The zero-order chi connectivity index (χ0) is 25.3. The molecule has 192 valence electrons. The van der Waals surface area contributed by atoms with Gasteiger partial charge in [0.1, 0.15) is 30.2 Å². The number of aliphatic hydroxyl groups excluding tert-OH is 4. The number of rotatable bonds is 7. The van der Waals surface area contributed by atoms with Crippen molar-refractivity contribution >= 4 is 11.6 Å². The molecule has 8 atom stereocenters. The molecule has 0 spiro atoms. The second kappa shape index (κ2) is 10.7. The average molecular weight is 507 g/mol. The van der Waals surface area contributed by atoms with Gasteiger partial charge in [-0.2, -0.15) is 0 Å². The van der Waals surface area contributed by atoms with Gasteiger partial charge in [0.05, 0.1) is 12.7 Å². The minimum absolute atomic E-state index is 0.251. The van der Waals surface area contributed by atoms with Crippen molar-refractivity contribution in [3.63, 3.8) is 0 Å². The Morgan fingerprint density at radius 2 is 1.66 bits per heavy atom. The number of benzene rings is 2. The molecule has 2 aromatic carbocycles. The third-order valence-corrected chi connectivity index (χ3v) is 7.93. The number of hydrogen-bond acceptors (Lipinski definition) is 7. The minimum atomic E-state index is -1.78. The Bertz CT molecular complexity index is 988. The van der Waals surface area contributed by atoms with Crippen LogP contribution in [0.15, 0.2) is 42.5 Å². The van der Waals surface area contributed by atoms with Gasteiger partial charge in [0.25, 0.3) is 0 Å². The highest BCUT2D eigenvalue weighted by molar-refractivity contribution is 6.31. The lowest BCUT2D eigenvalue weighted by atomic mass is 9.87. The van der Waals surface area contributed by atoms with Gasteiger partial charge >= 0.3 is 0 Å². The van der Waals surface area contributed by atoms with Gasteiger partial charge in [-0.05, 0) is 66.5 Å². The van der Waals surface area contributed by atoms with Gasteiger partial charge in [0.2, 0.25) is 5.79 Å². The molecule has 8 heteroatoms. The van der Waals surface area contributed by atoms with E-state index in [4.69, 9.17) is 25.8 Å². The lowest BCUT2D eigenvalue weighted by molar-refractivity contribution is -0.366. The van der Waals surface area contributed by atoms with Gasteiger partial charge in [0, 0.05) is 17.7 Å². The zero-order valence-corrected chi connectivity index (χ0v) is 21.1. The van der Waals surface area contributed by atoms with Crippen LogP contribution in [0.2, 0.25) is 5.02 Å². The average Bonchev–Trinajstić information content (AvgIpc) is 3.17. The second-order valence-corrected chi connectivity index (χ2v) is 10.3. The fourth-order valence-corrected chi connectivity index (χ4v) is 5.36. The van der Waals surface area contributed by atoms with Gasteiger partial charge in [-0.15, -0.1) is 0 Å². The van der Waals surface area contributed by atoms with Crippen LogP contribution in [0.25, 0.3) is 0 Å². The highest BCUT2D eigenvalue weighted by atomic mass is 35.5. The summed E-state index contributed by atoms with van der Waals surface area (Å²) in [6.07, 6.45) is -2.84. The molecule has 4 rings (SSSR count). The first-order chi connectivity index (χ1) is 16.7. The van der Waals surface area contributed by atoms with Crippen LogP contribution in [0.3, 0.4) is 0 Å². The fourth-order valence-electron chi connectivity index (χ4n) is 5.18. The van der Waals surface area contributed by atoms with Crippen molar-refractivity contribution in [3.8, 4) is 5.75 Å². The third-order valence-electron chi connectivity index (χ3n) is 7.56. The fraction of sp³-hybridized carbons (Fsp3) is 0.556. The monoisotopic (exact) mass is 506 g/mol. The Hall–Kier alpha value is -1.71. The Morgan fingerprint density at radius 3 is 2.26 bits per heavy atom. The molecule has 1 aliphatic heterocycles. The van der Waals surface area contributed by atoms with Crippen molar-refractivity contribution < 1.29 is 34.6 Å². The summed E-state index contributed by atoms with van der Waals surface area (Å²) in [4.78, 5) is 0. The number of halogens is 1. The third kappa shape index (κ3) is 5.23. The SMILES string of the molecule is COC1(c2ccc(Cl)c(Cc3ccc(OC4CC(C)[C@H](C)C4)cc3)c2)O[C@H](CO)[C@@H](O)[C@H](O)[C@H]1O. The van der Waals surface area contributed by atoms with Gasteiger partial charge in [-0.25, -0.2) is 0 Å². The Kier molecular flexibility index (Phi) is 8.08. The standard InChI is InChI=1S/C27H35ClO7/c1-15-10-21(11-16(15)2)34-20-7-4-17(5-8-20)12-18-13-19(6-9-22(18)28)27(33-3)26(32)25(31)24(30)23(14-29)35-27/h4-9,13,15-16,21,23-26,29-32H,10-12,14H2,1-3H3/t15-,16?,21?,23-,24-,25+,26-,27?/m1/s1. The van der Waals surface area contributed by atoms with Crippen molar-refractivity contribution in [2.45, 2.75) is 69.4 Å². The molecule has 2 aliphatic rings. The Labute approximate surface area is 211 Å². The zero-order valence-electron chi connectivity index (χ0n) is 20.3. The highest BCUT2D eigenvalue weighted by Crippen LogP contribution is 2.40. The van der Waals surface area contributed by atoms with Crippen molar-refractivity contribution in [1.29, 1.82) is 0 Å². The molecule has 1 saturated carbocycles. The summed E-state index contributed by atoms with van der Waals surface area (Å²) in [5, 5.41) is 41.4. The number of hydrogen-bond donors (Lipinski definition) is 4. The van der Waals surface area contributed by atoms with Crippen molar-refractivity contribution in [1.82, 2.24) is 0 Å². The Morgan fingerprint density at radius 1 is 1.00 bits per heavy atom. The smallest absolute Gasteiger partial charge is 0.224 e. The van der Waals surface area contributed by atoms with E-state index in [0.717, 1.165) is 29.7 Å². The molecular weight excluding hydrogens is 472 g/mol. The van der Waals surface area contributed by atoms with Crippen LogP contribution in [0.5, 0.6) is 5.75 Å². The molecule has 0 bridgehead atoms. The van der Waals surface area contributed by atoms with Crippen molar-refractivity contribution in [2.75, 3.05) is 13.7 Å². The number of aliphatic hydroxyl groups is 4. The molecule has 0 radical (unpaired) electrons. The van der Waals surface area contributed by atoms with Gasteiger partial charge in [-0.1, -0.05) is 43.6 Å². The maximum Gasteiger partial charge on any atom is 0.224 e. The molecule has 4 N–H and O–H groups in total. The summed E-state index contributed by atoms with van der Waals surface area (Å²) in [7, 11) is 1.33. The first-order valence-corrected chi connectivity index (χ1v) is 12.5. The van der Waals surface area contributed by atoms with Crippen LogP contribution in [-0.4, -0.2) is 64.7 Å². The molecule has 0 aromatic heterocycles. The summed E-state index contributed by atoms with van der Waals surface area (Å²) < 4.78 is 17.5. The lowest BCUT2D eigenvalue weighted by Gasteiger charge is -2.47. The quantitative estimate of drug-likeness (QED) is 0.457. The van der Waals surface area contributed by atoms with Crippen molar-refractivity contribution in [2.24, 2.45) is 11.8 Å². The molecule has 3 unspecified atom stereocenters. The molecule has 35 heavy (non-hydrogen) atoms. The predicted molar refractivity (Wildman–Crippen MR) is 131 cm³/mol. The highest BCUT2D eigenvalue weighted by Gasteiger charge is 2.55. The van der Waals surface area contributed by atoms with E-state index in [-0.39, 0.29) is 6.10 Å². The van der Waals surface area contributed by atoms with Gasteiger partial charge < -0.3 is 34.6 Å². The Balaban J connectivity index is 1.53. The van der Waals surface area contributed by atoms with E-state index in [0.29, 0.717) is 28.8 Å². The predicted octanol–water partition coefficient (Wildman–Crippen LogP) is 3.02. The normalized spacial score (nSPS) is 35.3. The van der Waals surface area contributed by atoms with Crippen LogP contribution in [-0.2, 0) is 21.7 Å². The lowest BCUT2D eigenvalue weighted by Crippen LogP contribution is -2.64. The van der Waals surface area contributed by atoms with E-state index in [1.54, 1.807) is 18.2 Å². The number of methoxy groups -OCH3 is 1. The summed E-state index contributed by atoms with van der Waals surface area (Å²) in [6.45, 7) is 3.99. The molecule has 7 nitrogen and oxygen atoms in total. The molecule has 1 heterocycles.